The molecule has 26 heavy (non-hydrogen) atoms. The third kappa shape index (κ3) is 4.36. The highest BCUT2D eigenvalue weighted by atomic mass is 35.5. The molecule has 0 atom stereocenters. The van der Waals surface area contributed by atoms with E-state index in [4.69, 9.17) is 23.2 Å². The number of fused-ring (bicyclic) bond motifs is 1. The number of para-hydroxylation sites is 1. The van der Waals surface area contributed by atoms with Gasteiger partial charge in [-0.1, -0.05) is 41.4 Å². The lowest BCUT2D eigenvalue weighted by molar-refractivity contribution is -0.120. The summed E-state index contributed by atoms with van der Waals surface area (Å²) in [6.07, 6.45) is 2.65. The highest BCUT2D eigenvalue weighted by Gasteiger charge is 2.12. The van der Waals surface area contributed by atoms with E-state index < -0.39 is 5.91 Å². The molecule has 2 amide bonds. The molecule has 0 aliphatic carbocycles. The van der Waals surface area contributed by atoms with E-state index in [-0.39, 0.29) is 23.0 Å². The van der Waals surface area contributed by atoms with Gasteiger partial charge in [0.15, 0.2) is 0 Å². The quantitative estimate of drug-likeness (QED) is 0.602. The molecule has 0 saturated heterocycles. The number of amides is 2. The van der Waals surface area contributed by atoms with Crippen molar-refractivity contribution in [2.24, 2.45) is 0 Å². The average Bonchev–Trinajstić information content (AvgIpc) is 3.03. The third-order valence-electron chi connectivity index (χ3n) is 3.98. The van der Waals surface area contributed by atoms with Crippen molar-refractivity contribution in [2.45, 2.75) is 6.42 Å². The molecular formula is C19H17Cl2N3O2. The zero-order chi connectivity index (χ0) is 18.5. The minimum Gasteiger partial charge on any atom is -0.361 e. The van der Waals surface area contributed by atoms with Crippen LogP contribution in [0.5, 0.6) is 0 Å². The summed E-state index contributed by atoms with van der Waals surface area (Å²) in [4.78, 5) is 27.2. The Morgan fingerprint density at radius 3 is 2.65 bits per heavy atom. The number of hydrogen-bond donors (Lipinski definition) is 3. The van der Waals surface area contributed by atoms with Gasteiger partial charge >= 0.3 is 0 Å². The van der Waals surface area contributed by atoms with Gasteiger partial charge in [-0.25, -0.2) is 0 Å². The summed E-state index contributed by atoms with van der Waals surface area (Å²) in [6.45, 7) is 0.365. The van der Waals surface area contributed by atoms with E-state index >= 15 is 0 Å². The monoisotopic (exact) mass is 389 g/mol. The van der Waals surface area contributed by atoms with Crippen LogP contribution in [0.2, 0.25) is 10.0 Å². The molecular weight excluding hydrogens is 373 g/mol. The van der Waals surface area contributed by atoms with Gasteiger partial charge in [-0.3, -0.25) is 9.59 Å². The van der Waals surface area contributed by atoms with Crippen molar-refractivity contribution in [1.29, 1.82) is 0 Å². The van der Waals surface area contributed by atoms with Crippen LogP contribution >= 0.6 is 23.2 Å². The van der Waals surface area contributed by atoms with Crippen molar-refractivity contribution in [3.8, 4) is 0 Å². The second kappa shape index (κ2) is 8.25. The normalized spacial score (nSPS) is 10.7. The Kier molecular flexibility index (Phi) is 5.81. The maximum Gasteiger partial charge on any atom is 0.253 e. The van der Waals surface area contributed by atoms with Gasteiger partial charge in [-0.2, -0.15) is 0 Å². The van der Waals surface area contributed by atoms with Crippen LogP contribution in [-0.4, -0.2) is 29.9 Å². The predicted octanol–water partition coefficient (Wildman–Crippen LogP) is 3.56. The zero-order valence-electron chi connectivity index (χ0n) is 13.8. The van der Waals surface area contributed by atoms with Crippen molar-refractivity contribution >= 4 is 45.9 Å². The van der Waals surface area contributed by atoms with Gasteiger partial charge < -0.3 is 15.6 Å². The lowest BCUT2D eigenvalue weighted by atomic mass is 10.1. The molecule has 0 fully saturated rings. The van der Waals surface area contributed by atoms with Crippen LogP contribution in [0.15, 0.2) is 48.7 Å². The lowest BCUT2D eigenvalue weighted by Gasteiger charge is -2.08. The molecule has 3 N–H and O–H groups in total. The summed E-state index contributed by atoms with van der Waals surface area (Å²) in [5.41, 5.74) is 2.49. The van der Waals surface area contributed by atoms with Crippen molar-refractivity contribution in [2.75, 3.05) is 13.1 Å². The number of nitrogens with one attached hydrogen (secondary N) is 3. The molecule has 0 radical (unpaired) electrons. The number of carbonyl (C=O) groups excluding carboxylic acids is 2. The van der Waals surface area contributed by atoms with E-state index in [0.717, 1.165) is 16.5 Å². The first-order valence-electron chi connectivity index (χ1n) is 8.09. The molecule has 1 aromatic heterocycles. The standard InChI is InChI=1S/C19H17Cl2N3O2/c20-13-5-6-15(16(21)9-13)19(26)24-11-18(25)22-8-7-12-10-23-17-4-2-1-3-14(12)17/h1-6,9-10,23H,7-8,11H2,(H,22,25)(H,24,26). The fourth-order valence-corrected chi connectivity index (χ4v) is 3.16. The minimum atomic E-state index is -0.418. The first-order chi connectivity index (χ1) is 12.5. The van der Waals surface area contributed by atoms with Crippen molar-refractivity contribution in [3.05, 3.63) is 69.8 Å². The van der Waals surface area contributed by atoms with E-state index in [1.165, 1.54) is 12.1 Å². The molecule has 3 rings (SSSR count). The van der Waals surface area contributed by atoms with Crippen LogP contribution < -0.4 is 10.6 Å². The number of H-pyrrole nitrogens is 1. The summed E-state index contributed by atoms with van der Waals surface area (Å²) in [7, 11) is 0. The Morgan fingerprint density at radius 1 is 1.04 bits per heavy atom. The smallest absolute Gasteiger partial charge is 0.253 e. The molecule has 0 unspecified atom stereocenters. The van der Waals surface area contributed by atoms with Crippen molar-refractivity contribution in [1.82, 2.24) is 15.6 Å². The van der Waals surface area contributed by atoms with Gasteiger partial charge in [0.1, 0.15) is 0 Å². The highest BCUT2D eigenvalue weighted by Crippen LogP contribution is 2.20. The zero-order valence-corrected chi connectivity index (χ0v) is 15.3. The number of aromatic nitrogens is 1. The van der Waals surface area contributed by atoms with Crippen molar-refractivity contribution in [3.63, 3.8) is 0 Å². The molecule has 0 bridgehead atoms. The molecule has 7 heteroatoms. The molecule has 0 saturated carbocycles. The topological polar surface area (TPSA) is 74.0 Å². The summed E-state index contributed by atoms with van der Waals surface area (Å²) >= 11 is 11.8. The van der Waals surface area contributed by atoms with Crippen molar-refractivity contribution < 1.29 is 9.59 Å². The Balaban J connectivity index is 1.46. The Labute approximate surface area is 160 Å². The Bertz CT molecular complexity index is 953. The highest BCUT2D eigenvalue weighted by molar-refractivity contribution is 6.36. The first kappa shape index (κ1) is 18.3. The third-order valence-corrected chi connectivity index (χ3v) is 4.52. The largest absolute Gasteiger partial charge is 0.361 e. The average molecular weight is 390 g/mol. The van der Waals surface area contributed by atoms with Crippen LogP contribution in [0, 0.1) is 0 Å². The van der Waals surface area contributed by atoms with Gasteiger partial charge in [-0.05, 0) is 36.2 Å². The summed E-state index contributed by atoms with van der Waals surface area (Å²) < 4.78 is 0. The van der Waals surface area contributed by atoms with E-state index in [1.807, 2.05) is 30.5 Å². The molecule has 2 aromatic carbocycles. The van der Waals surface area contributed by atoms with Gasteiger partial charge in [0.2, 0.25) is 5.91 Å². The second-order valence-electron chi connectivity index (χ2n) is 5.77. The number of hydrogen-bond acceptors (Lipinski definition) is 2. The van der Waals surface area contributed by atoms with Crippen LogP contribution in [-0.2, 0) is 11.2 Å². The molecule has 5 nitrogen and oxygen atoms in total. The van der Waals surface area contributed by atoms with Gasteiger partial charge in [-0.15, -0.1) is 0 Å². The number of rotatable bonds is 6. The Morgan fingerprint density at radius 2 is 1.85 bits per heavy atom. The van der Waals surface area contributed by atoms with Gasteiger partial charge in [0.25, 0.3) is 5.91 Å². The molecule has 1 heterocycles. The molecule has 3 aromatic rings. The molecule has 0 aliphatic rings. The molecule has 0 spiro atoms. The van der Waals surface area contributed by atoms with E-state index in [1.54, 1.807) is 6.07 Å². The fourth-order valence-electron chi connectivity index (χ4n) is 2.67. The van der Waals surface area contributed by atoms with E-state index in [2.05, 4.69) is 15.6 Å². The number of carbonyl (C=O) groups is 2. The summed E-state index contributed by atoms with van der Waals surface area (Å²) in [5.74, 6) is -0.679. The van der Waals surface area contributed by atoms with Crippen LogP contribution in [0.25, 0.3) is 10.9 Å². The minimum absolute atomic E-state index is 0.119. The predicted molar refractivity (Wildman–Crippen MR) is 104 cm³/mol. The SMILES string of the molecule is O=C(CNC(=O)c1ccc(Cl)cc1Cl)NCCc1c[nH]c2ccccc12. The summed E-state index contributed by atoms with van der Waals surface area (Å²) in [5, 5.41) is 7.18. The van der Waals surface area contributed by atoms with Gasteiger partial charge in [0.05, 0.1) is 17.1 Å². The second-order valence-corrected chi connectivity index (χ2v) is 6.61. The van der Waals surface area contributed by atoms with Crippen LogP contribution in [0.3, 0.4) is 0 Å². The number of halogens is 2. The fraction of sp³-hybridized carbons (Fsp3) is 0.158. The van der Waals surface area contributed by atoms with Crippen LogP contribution in [0.4, 0.5) is 0 Å². The maximum atomic E-state index is 12.1. The number of aromatic amines is 1. The van der Waals surface area contributed by atoms with Crippen LogP contribution in [0.1, 0.15) is 15.9 Å². The summed E-state index contributed by atoms with van der Waals surface area (Å²) in [6, 6.07) is 12.6. The molecule has 0 aliphatic heterocycles. The maximum absolute atomic E-state index is 12.1. The Hall–Kier alpha value is -2.50. The number of benzene rings is 2. The molecule has 134 valence electrons. The first-order valence-corrected chi connectivity index (χ1v) is 8.85. The van der Waals surface area contributed by atoms with E-state index in [9.17, 15) is 9.59 Å². The lowest BCUT2D eigenvalue weighted by Crippen LogP contribution is -2.37. The van der Waals surface area contributed by atoms with E-state index in [0.29, 0.717) is 18.0 Å². The van der Waals surface area contributed by atoms with Gasteiger partial charge in [0, 0.05) is 28.7 Å².